The second-order valence-electron chi connectivity index (χ2n) is 6.04. The first-order chi connectivity index (χ1) is 8.45. The molecule has 0 aromatic rings. The van der Waals surface area contributed by atoms with Crippen LogP contribution in [0.1, 0.15) is 20.3 Å². The maximum Gasteiger partial charge on any atom is 0.226 e. The Balaban J connectivity index is 2.48. The number of rotatable bonds is 6. The normalized spacial score (nSPS) is 22.4. The molecule has 1 fully saturated rings. The Morgan fingerprint density at radius 3 is 2.61 bits per heavy atom. The highest BCUT2D eigenvalue weighted by atomic mass is 16.2. The number of likely N-dealkylation sites (tertiary alicyclic amines) is 1. The van der Waals surface area contributed by atoms with Crippen molar-refractivity contribution in [1.82, 2.24) is 15.1 Å². The van der Waals surface area contributed by atoms with Crippen LogP contribution in [-0.4, -0.2) is 63.0 Å². The lowest BCUT2D eigenvalue weighted by atomic mass is 9.94. The van der Waals surface area contributed by atoms with Crippen molar-refractivity contribution in [3.8, 4) is 0 Å². The minimum absolute atomic E-state index is 0.0964. The van der Waals surface area contributed by atoms with Gasteiger partial charge in [0.15, 0.2) is 0 Å². The van der Waals surface area contributed by atoms with Crippen LogP contribution in [0.15, 0.2) is 0 Å². The molecule has 0 saturated carbocycles. The number of carbonyl (C=O) groups excluding carboxylic acids is 1. The van der Waals surface area contributed by atoms with Crippen molar-refractivity contribution in [3.05, 3.63) is 0 Å². The van der Waals surface area contributed by atoms with E-state index in [1.54, 1.807) is 0 Å². The molecule has 106 valence electrons. The van der Waals surface area contributed by atoms with E-state index in [9.17, 15) is 4.79 Å². The lowest BCUT2D eigenvalue weighted by molar-refractivity contribution is -0.136. The molecule has 1 saturated heterocycles. The summed E-state index contributed by atoms with van der Waals surface area (Å²) in [5.41, 5.74) is 0. The predicted molar refractivity (Wildman–Crippen MR) is 75.5 cm³/mol. The first-order valence-corrected chi connectivity index (χ1v) is 7.03. The van der Waals surface area contributed by atoms with Gasteiger partial charge in [0.1, 0.15) is 0 Å². The van der Waals surface area contributed by atoms with E-state index >= 15 is 0 Å². The number of nitrogens with zero attached hydrogens (tertiary/aromatic N) is 2. The van der Waals surface area contributed by atoms with Crippen molar-refractivity contribution in [2.75, 3.05) is 47.3 Å². The van der Waals surface area contributed by atoms with Crippen molar-refractivity contribution in [2.45, 2.75) is 20.3 Å². The van der Waals surface area contributed by atoms with Gasteiger partial charge in [0, 0.05) is 26.7 Å². The predicted octanol–water partition coefficient (Wildman–Crippen LogP) is 0.888. The van der Waals surface area contributed by atoms with Gasteiger partial charge in [-0.3, -0.25) is 4.79 Å². The Labute approximate surface area is 112 Å². The summed E-state index contributed by atoms with van der Waals surface area (Å²) in [4.78, 5) is 16.7. The zero-order chi connectivity index (χ0) is 13.7. The summed E-state index contributed by atoms with van der Waals surface area (Å²) in [6.07, 6.45) is 1.21. The minimum atomic E-state index is 0.0964. The van der Waals surface area contributed by atoms with Gasteiger partial charge in [0.2, 0.25) is 5.91 Å². The van der Waals surface area contributed by atoms with Crippen LogP contribution in [0, 0.1) is 17.8 Å². The molecule has 4 nitrogen and oxygen atoms in total. The highest BCUT2D eigenvalue weighted by molar-refractivity contribution is 5.79. The summed E-state index contributed by atoms with van der Waals surface area (Å²) in [7, 11) is 6.01. The summed E-state index contributed by atoms with van der Waals surface area (Å²) in [5.74, 6) is 1.41. The molecule has 0 aromatic carbocycles. The molecular formula is C14H29N3O. The molecule has 0 aromatic heterocycles. The average Bonchev–Trinajstić information content (AvgIpc) is 2.70. The molecule has 1 aliphatic heterocycles. The zero-order valence-corrected chi connectivity index (χ0v) is 12.6. The molecule has 1 N–H and O–H groups in total. The van der Waals surface area contributed by atoms with E-state index in [0.717, 1.165) is 26.2 Å². The van der Waals surface area contributed by atoms with E-state index in [1.165, 1.54) is 6.42 Å². The van der Waals surface area contributed by atoms with Crippen molar-refractivity contribution in [3.63, 3.8) is 0 Å². The Morgan fingerprint density at radius 1 is 1.50 bits per heavy atom. The molecule has 2 atom stereocenters. The van der Waals surface area contributed by atoms with Crippen LogP contribution in [0.4, 0.5) is 0 Å². The standard InChI is InChI=1S/C14H29N3O/c1-11(2)13(8-15-3)14(18)17(5)10-12-6-7-16(4)9-12/h11-13,15H,6-10H2,1-5H3. The third kappa shape index (κ3) is 4.25. The third-order valence-electron chi connectivity index (χ3n) is 3.94. The molecule has 0 radical (unpaired) electrons. The van der Waals surface area contributed by atoms with Crippen LogP contribution in [0.25, 0.3) is 0 Å². The van der Waals surface area contributed by atoms with E-state index in [2.05, 4.69) is 31.1 Å². The number of hydrogen-bond acceptors (Lipinski definition) is 3. The number of nitrogens with one attached hydrogen (secondary N) is 1. The van der Waals surface area contributed by atoms with E-state index in [1.807, 2.05) is 19.0 Å². The van der Waals surface area contributed by atoms with Gasteiger partial charge in [-0.2, -0.15) is 0 Å². The van der Waals surface area contributed by atoms with Gasteiger partial charge < -0.3 is 15.1 Å². The maximum atomic E-state index is 12.4. The SMILES string of the molecule is CNCC(C(=O)N(C)CC1CCN(C)C1)C(C)C. The number of carbonyl (C=O) groups is 1. The smallest absolute Gasteiger partial charge is 0.226 e. The average molecular weight is 255 g/mol. The molecule has 0 aliphatic carbocycles. The van der Waals surface area contributed by atoms with Crippen LogP contribution < -0.4 is 5.32 Å². The molecule has 1 amide bonds. The minimum Gasteiger partial charge on any atom is -0.345 e. The van der Waals surface area contributed by atoms with Gasteiger partial charge in [0.05, 0.1) is 5.92 Å². The van der Waals surface area contributed by atoms with E-state index in [4.69, 9.17) is 0 Å². The van der Waals surface area contributed by atoms with Gasteiger partial charge >= 0.3 is 0 Å². The Hall–Kier alpha value is -0.610. The summed E-state index contributed by atoms with van der Waals surface area (Å²) >= 11 is 0. The van der Waals surface area contributed by atoms with Crippen molar-refractivity contribution >= 4 is 5.91 Å². The van der Waals surface area contributed by atoms with Crippen LogP contribution in [-0.2, 0) is 4.79 Å². The lowest BCUT2D eigenvalue weighted by Gasteiger charge is -2.28. The molecule has 0 bridgehead atoms. The van der Waals surface area contributed by atoms with E-state index < -0.39 is 0 Å². The summed E-state index contributed by atoms with van der Waals surface area (Å²) in [6.45, 7) is 8.20. The topological polar surface area (TPSA) is 35.6 Å². The zero-order valence-electron chi connectivity index (χ0n) is 12.6. The third-order valence-corrected chi connectivity index (χ3v) is 3.94. The second-order valence-corrected chi connectivity index (χ2v) is 6.04. The monoisotopic (exact) mass is 255 g/mol. The first-order valence-electron chi connectivity index (χ1n) is 7.03. The molecule has 1 heterocycles. The van der Waals surface area contributed by atoms with E-state index in [-0.39, 0.29) is 11.8 Å². The number of amides is 1. The Kier molecular flexibility index (Phi) is 6.09. The fraction of sp³-hybridized carbons (Fsp3) is 0.929. The fourth-order valence-electron chi connectivity index (χ4n) is 2.76. The Bertz CT molecular complexity index is 268. The van der Waals surface area contributed by atoms with Crippen molar-refractivity contribution in [2.24, 2.45) is 17.8 Å². The van der Waals surface area contributed by atoms with E-state index in [0.29, 0.717) is 11.8 Å². The Morgan fingerprint density at radius 2 is 2.17 bits per heavy atom. The van der Waals surface area contributed by atoms with Gasteiger partial charge in [-0.1, -0.05) is 13.8 Å². The van der Waals surface area contributed by atoms with Crippen molar-refractivity contribution < 1.29 is 4.79 Å². The fourth-order valence-corrected chi connectivity index (χ4v) is 2.76. The van der Waals surface area contributed by atoms with Crippen LogP contribution >= 0.6 is 0 Å². The molecule has 1 rings (SSSR count). The van der Waals surface area contributed by atoms with Gasteiger partial charge in [-0.05, 0) is 38.9 Å². The van der Waals surface area contributed by atoms with Crippen molar-refractivity contribution in [1.29, 1.82) is 0 Å². The summed E-state index contributed by atoms with van der Waals surface area (Å²) in [6, 6.07) is 0. The van der Waals surface area contributed by atoms with Gasteiger partial charge in [-0.15, -0.1) is 0 Å². The summed E-state index contributed by atoms with van der Waals surface area (Å²) < 4.78 is 0. The number of hydrogen-bond donors (Lipinski definition) is 1. The first kappa shape index (κ1) is 15.4. The quantitative estimate of drug-likeness (QED) is 0.765. The van der Waals surface area contributed by atoms with Crippen LogP contribution in [0.2, 0.25) is 0 Å². The van der Waals surface area contributed by atoms with Gasteiger partial charge in [0.25, 0.3) is 0 Å². The molecule has 2 unspecified atom stereocenters. The maximum absolute atomic E-state index is 12.4. The molecule has 18 heavy (non-hydrogen) atoms. The lowest BCUT2D eigenvalue weighted by Crippen LogP contribution is -2.42. The van der Waals surface area contributed by atoms with Crippen LogP contribution in [0.3, 0.4) is 0 Å². The highest BCUT2D eigenvalue weighted by Crippen LogP contribution is 2.18. The van der Waals surface area contributed by atoms with Gasteiger partial charge in [-0.25, -0.2) is 0 Å². The van der Waals surface area contributed by atoms with Crippen LogP contribution in [0.5, 0.6) is 0 Å². The molecule has 0 spiro atoms. The second kappa shape index (κ2) is 7.10. The highest BCUT2D eigenvalue weighted by Gasteiger charge is 2.27. The molecule has 1 aliphatic rings. The molecular weight excluding hydrogens is 226 g/mol. The summed E-state index contributed by atoms with van der Waals surface area (Å²) in [5, 5.41) is 3.13. The largest absolute Gasteiger partial charge is 0.345 e. The molecule has 4 heteroatoms.